The van der Waals surface area contributed by atoms with Crippen molar-refractivity contribution in [2.75, 3.05) is 26.2 Å². The van der Waals surface area contributed by atoms with Gasteiger partial charge < -0.3 is 25.3 Å². The molecular weight excluding hydrogens is 344 g/mol. The van der Waals surface area contributed by atoms with E-state index in [1.54, 1.807) is 18.2 Å². The predicted octanol–water partition coefficient (Wildman–Crippen LogP) is 2.52. The monoisotopic (exact) mass is 376 g/mol. The normalized spacial score (nSPS) is 14.3. The molecule has 0 aliphatic carbocycles. The number of ether oxygens (including phenoxy) is 1. The van der Waals surface area contributed by atoms with Crippen LogP contribution in [-0.4, -0.2) is 37.5 Å². The SMILES string of the molecule is CC(CCNCC(O)COc1ccc2ccc(=O)oc2c1)CC(C)(C)CN. The summed E-state index contributed by atoms with van der Waals surface area (Å²) in [6.07, 6.45) is 1.52. The van der Waals surface area contributed by atoms with Crippen LogP contribution >= 0.6 is 0 Å². The van der Waals surface area contributed by atoms with Crippen molar-refractivity contribution in [1.82, 2.24) is 5.32 Å². The van der Waals surface area contributed by atoms with Gasteiger partial charge in [0, 0.05) is 24.1 Å². The molecule has 1 aromatic carbocycles. The molecule has 0 radical (unpaired) electrons. The summed E-state index contributed by atoms with van der Waals surface area (Å²) in [6.45, 7) is 8.79. The minimum Gasteiger partial charge on any atom is -0.491 e. The predicted molar refractivity (Wildman–Crippen MR) is 108 cm³/mol. The molecule has 0 aliphatic heterocycles. The van der Waals surface area contributed by atoms with Gasteiger partial charge in [0.05, 0.1) is 0 Å². The van der Waals surface area contributed by atoms with Crippen molar-refractivity contribution in [2.24, 2.45) is 17.1 Å². The van der Waals surface area contributed by atoms with Crippen LogP contribution in [-0.2, 0) is 0 Å². The number of hydrogen-bond acceptors (Lipinski definition) is 6. The summed E-state index contributed by atoms with van der Waals surface area (Å²) in [5, 5.41) is 14.2. The maximum absolute atomic E-state index is 11.3. The van der Waals surface area contributed by atoms with Crippen molar-refractivity contribution in [3.8, 4) is 5.75 Å². The lowest BCUT2D eigenvalue weighted by Crippen LogP contribution is -2.33. The first-order chi connectivity index (χ1) is 12.8. The summed E-state index contributed by atoms with van der Waals surface area (Å²) in [7, 11) is 0. The van der Waals surface area contributed by atoms with E-state index in [2.05, 4.69) is 26.1 Å². The molecule has 0 saturated heterocycles. The van der Waals surface area contributed by atoms with Crippen LogP contribution in [0.15, 0.2) is 39.5 Å². The second-order valence-electron chi connectivity index (χ2n) is 8.09. The number of hydrogen-bond donors (Lipinski definition) is 3. The lowest BCUT2D eigenvalue weighted by Gasteiger charge is -2.26. The third-order valence-electron chi connectivity index (χ3n) is 4.68. The Kier molecular flexibility index (Phi) is 7.83. The maximum Gasteiger partial charge on any atom is 0.336 e. The molecule has 0 amide bonds. The largest absolute Gasteiger partial charge is 0.491 e. The van der Waals surface area contributed by atoms with E-state index >= 15 is 0 Å². The molecule has 2 aromatic rings. The Bertz CT molecular complexity index is 772. The first kappa shape index (κ1) is 21.4. The van der Waals surface area contributed by atoms with Crippen LogP contribution in [0.4, 0.5) is 0 Å². The summed E-state index contributed by atoms with van der Waals surface area (Å²) in [5.74, 6) is 1.14. The van der Waals surface area contributed by atoms with E-state index in [0.717, 1.165) is 24.8 Å². The van der Waals surface area contributed by atoms with Gasteiger partial charge in [0.25, 0.3) is 0 Å². The van der Waals surface area contributed by atoms with Crippen LogP contribution in [0, 0.1) is 11.3 Å². The fraction of sp³-hybridized carbons (Fsp3) is 0.571. The molecule has 1 heterocycles. The Labute approximate surface area is 160 Å². The topological polar surface area (TPSA) is 97.7 Å². The van der Waals surface area contributed by atoms with Crippen LogP contribution < -0.4 is 21.4 Å². The average Bonchev–Trinajstić information content (AvgIpc) is 2.62. The summed E-state index contributed by atoms with van der Waals surface area (Å²) < 4.78 is 10.7. The van der Waals surface area contributed by atoms with Crippen LogP contribution in [0.5, 0.6) is 5.75 Å². The van der Waals surface area contributed by atoms with Crippen molar-refractivity contribution < 1.29 is 14.3 Å². The Hall–Kier alpha value is -1.89. The Balaban J connectivity index is 1.69. The lowest BCUT2D eigenvalue weighted by molar-refractivity contribution is 0.106. The lowest BCUT2D eigenvalue weighted by atomic mass is 9.82. The van der Waals surface area contributed by atoms with Gasteiger partial charge in [0.1, 0.15) is 24.0 Å². The number of benzene rings is 1. The van der Waals surface area contributed by atoms with Crippen LogP contribution in [0.2, 0.25) is 0 Å². The molecule has 27 heavy (non-hydrogen) atoms. The zero-order valence-corrected chi connectivity index (χ0v) is 16.5. The number of aliphatic hydroxyl groups is 1. The fourth-order valence-corrected chi connectivity index (χ4v) is 3.13. The second kappa shape index (κ2) is 9.88. The molecule has 150 valence electrons. The average molecular weight is 376 g/mol. The van der Waals surface area contributed by atoms with E-state index in [-0.39, 0.29) is 12.0 Å². The van der Waals surface area contributed by atoms with Gasteiger partial charge in [-0.15, -0.1) is 0 Å². The Morgan fingerprint density at radius 2 is 2.04 bits per heavy atom. The highest BCUT2D eigenvalue weighted by Gasteiger charge is 2.19. The standard InChI is InChI=1S/C21H32N2O4/c1-15(11-21(2,3)14-22)8-9-23-12-17(24)13-26-18-6-4-16-5-7-20(25)27-19(16)10-18/h4-7,10,15,17,23-24H,8-9,11-14,22H2,1-3H3. The van der Waals surface area contributed by atoms with E-state index in [0.29, 0.717) is 30.3 Å². The van der Waals surface area contributed by atoms with E-state index < -0.39 is 11.7 Å². The first-order valence-electron chi connectivity index (χ1n) is 9.54. The van der Waals surface area contributed by atoms with Crippen LogP contribution in [0.25, 0.3) is 11.0 Å². The zero-order chi connectivity index (χ0) is 19.9. The van der Waals surface area contributed by atoms with Crippen molar-refractivity contribution in [3.05, 3.63) is 40.8 Å². The molecule has 2 rings (SSSR count). The molecule has 1 aromatic heterocycles. The molecule has 0 fully saturated rings. The van der Waals surface area contributed by atoms with Gasteiger partial charge >= 0.3 is 5.63 Å². The minimum atomic E-state index is -0.612. The van der Waals surface area contributed by atoms with Gasteiger partial charge in [0.2, 0.25) is 0 Å². The first-order valence-corrected chi connectivity index (χ1v) is 9.54. The van der Waals surface area contributed by atoms with E-state index in [1.807, 2.05) is 6.07 Å². The highest BCUT2D eigenvalue weighted by Crippen LogP contribution is 2.25. The molecule has 4 N–H and O–H groups in total. The third kappa shape index (κ3) is 7.33. The van der Waals surface area contributed by atoms with Crippen molar-refractivity contribution in [2.45, 2.75) is 39.7 Å². The fourth-order valence-electron chi connectivity index (χ4n) is 3.13. The molecule has 6 nitrogen and oxygen atoms in total. The van der Waals surface area contributed by atoms with E-state index in [4.69, 9.17) is 14.9 Å². The van der Waals surface area contributed by atoms with Crippen molar-refractivity contribution in [3.63, 3.8) is 0 Å². The second-order valence-corrected chi connectivity index (χ2v) is 8.09. The van der Waals surface area contributed by atoms with Gasteiger partial charge in [-0.25, -0.2) is 4.79 Å². The zero-order valence-electron chi connectivity index (χ0n) is 16.5. The summed E-state index contributed by atoms with van der Waals surface area (Å²) in [6, 6.07) is 8.37. The summed E-state index contributed by atoms with van der Waals surface area (Å²) in [4.78, 5) is 11.3. The quantitative estimate of drug-likeness (QED) is 0.412. The molecule has 2 unspecified atom stereocenters. The summed E-state index contributed by atoms with van der Waals surface area (Å²) in [5.41, 5.74) is 6.04. The van der Waals surface area contributed by atoms with E-state index in [1.165, 1.54) is 6.07 Å². The van der Waals surface area contributed by atoms with Crippen LogP contribution in [0.3, 0.4) is 0 Å². The molecule has 0 saturated carbocycles. The van der Waals surface area contributed by atoms with Gasteiger partial charge in [-0.3, -0.25) is 0 Å². The van der Waals surface area contributed by atoms with E-state index in [9.17, 15) is 9.90 Å². The maximum atomic E-state index is 11.3. The van der Waals surface area contributed by atoms with Gasteiger partial charge in [0.15, 0.2) is 0 Å². The number of nitrogens with one attached hydrogen (secondary N) is 1. The minimum absolute atomic E-state index is 0.172. The number of fused-ring (bicyclic) bond motifs is 1. The highest BCUT2D eigenvalue weighted by atomic mass is 16.5. The molecular formula is C21H32N2O4. The molecule has 0 bridgehead atoms. The third-order valence-corrected chi connectivity index (χ3v) is 4.68. The van der Waals surface area contributed by atoms with Crippen molar-refractivity contribution >= 4 is 11.0 Å². The van der Waals surface area contributed by atoms with Gasteiger partial charge in [-0.1, -0.05) is 20.8 Å². The molecule has 0 aliphatic rings. The van der Waals surface area contributed by atoms with Gasteiger partial charge in [-0.2, -0.15) is 0 Å². The molecule has 0 spiro atoms. The molecule has 2 atom stereocenters. The smallest absolute Gasteiger partial charge is 0.336 e. The Morgan fingerprint density at radius 3 is 2.78 bits per heavy atom. The highest BCUT2D eigenvalue weighted by molar-refractivity contribution is 5.77. The molecule has 6 heteroatoms. The number of nitrogens with two attached hydrogens (primary N) is 1. The Morgan fingerprint density at radius 1 is 1.30 bits per heavy atom. The summed E-state index contributed by atoms with van der Waals surface area (Å²) >= 11 is 0. The number of rotatable bonds is 11. The van der Waals surface area contributed by atoms with Gasteiger partial charge in [-0.05, 0) is 55.5 Å². The van der Waals surface area contributed by atoms with Crippen molar-refractivity contribution in [1.29, 1.82) is 0 Å². The van der Waals surface area contributed by atoms with Crippen LogP contribution in [0.1, 0.15) is 33.6 Å². The number of aliphatic hydroxyl groups excluding tert-OH is 1.